The second-order valence-corrected chi connectivity index (χ2v) is 6.67. The van der Waals surface area contributed by atoms with Crippen molar-refractivity contribution in [2.75, 3.05) is 37.6 Å². The van der Waals surface area contributed by atoms with Gasteiger partial charge in [-0.3, -0.25) is 4.90 Å². The summed E-state index contributed by atoms with van der Waals surface area (Å²) in [5, 5.41) is 0. The van der Waals surface area contributed by atoms with Gasteiger partial charge in [-0.25, -0.2) is 9.97 Å². The first-order valence-corrected chi connectivity index (χ1v) is 7.83. The lowest BCUT2D eigenvalue weighted by Crippen LogP contribution is -2.48. The Morgan fingerprint density at radius 2 is 1.55 bits per heavy atom. The van der Waals surface area contributed by atoms with Gasteiger partial charge in [-0.1, -0.05) is 27.7 Å². The molecule has 1 aromatic rings. The molecule has 0 aromatic carbocycles. The van der Waals surface area contributed by atoms with Crippen LogP contribution in [0.25, 0.3) is 0 Å². The molecule has 1 fully saturated rings. The molecule has 4 nitrogen and oxygen atoms in total. The lowest BCUT2D eigenvalue weighted by atomic mass is 10.1. The van der Waals surface area contributed by atoms with Crippen LogP contribution in [0.2, 0.25) is 0 Å². The molecule has 2 rings (SSSR count). The largest absolute Gasteiger partial charge is 0.338 e. The molecule has 0 atom stereocenters. The summed E-state index contributed by atoms with van der Waals surface area (Å²) in [5.74, 6) is 2.29. The van der Waals surface area contributed by atoms with Gasteiger partial charge in [0, 0.05) is 45.1 Å². The second-order valence-electron chi connectivity index (χ2n) is 6.67. The average Bonchev–Trinajstić information content (AvgIpc) is 2.39. The molecular weight excluding hydrogens is 248 g/mol. The summed E-state index contributed by atoms with van der Waals surface area (Å²) in [6.07, 6.45) is 5.04. The molecule has 0 radical (unpaired) electrons. The fourth-order valence-corrected chi connectivity index (χ4v) is 2.73. The molecule has 4 heteroatoms. The van der Waals surface area contributed by atoms with E-state index in [0.717, 1.165) is 44.5 Å². The van der Waals surface area contributed by atoms with Gasteiger partial charge in [-0.05, 0) is 23.8 Å². The number of hydrogen-bond acceptors (Lipinski definition) is 4. The number of hydrogen-bond donors (Lipinski definition) is 0. The van der Waals surface area contributed by atoms with Crippen LogP contribution in [0.5, 0.6) is 0 Å². The summed E-state index contributed by atoms with van der Waals surface area (Å²) in [5.41, 5.74) is 1.24. The van der Waals surface area contributed by atoms with Crippen molar-refractivity contribution in [2.45, 2.75) is 34.1 Å². The highest BCUT2D eigenvalue weighted by Gasteiger charge is 2.19. The van der Waals surface area contributed by atoms with Crippen molar-refractivity contribution in [3.05, 3.63) is 18.0 Å². The number of anilines is 1. The fourth-order valence-electron chi connectivity index (χ4n) is 2.73. The molecule has 2 heterocycles. The third-order valence-electron chi connectivity index (χ3n) is 3.61. The maximum atomic E-state index is 4.54. The molecule has 1 saturated heterocycles. The van der Waals surface area contributed by atoms with Crippen LogP contribution in [0.1, 0.15) is 33.3 Å². The predicted octanol–water partition coefficient (Wildman–Crippen LogP) is 2.45. The summed E-state index contributed by atoms with van der Waals surface area (Å²) < 4.78 is 0. The normalized spacial score (nSPS) is 17.2. The van der Waals surface area contributed by atoms with Crippen molar-refractivity contribution in [1.29, 1.82) is 0 Å². The minimum Gasteiger partial charge on any atom is -0.338 e. The first kappa shape index (κ1) is 15.2. The molecule has 20 heavy (non-hydrogen) atoms. The summed E-state index contributed by atoms with van der Waals surface area (Å²) in [4.78, 5) is 13.9. The predicted molar refractivity (Wildman–Crippen MR) is 84.1 cm³/mol. The summed E-state index contributed by atoms with van der Waals surface area (Å²) in [6.45, 7) is 14.5. The van der Waals surface area contributed by atoms with E-state index in [4.69, 9.17) is 0 Å². The van der Waals surface area contributed by atoms with Gasteiger partial charge in [0.05, 0.1) is 0 Å². The molecule has 0 amide bonds. The van der Waals surface area contributed by atoms with Crippen LogP contribution in [0.3, 0.4) is 0 Å². The van der Waals surface area contributed by atoms with Gasteiger partial charge < -0.3 is 4.90 Å². The van der Waals surface area contributed by atoms with E-state index in [1.807, 2.05) is 12.4 Å². The number of rotatable bonds is 5. The van der Waals surface area contributed by atoms with Crippen LogP contribution in [0, 0.1) is 11.8 Å². The van der Waals surface area contributed by atoms with Crippen molar-refractivity contribution in [2.24, 2.45) is 11.8 Å². The maximum absolute atomic E-state index is 4.54. The van der Waals surface area contributed by atoms with Crippen molar-refractivity contribution < 1.29 is 0 Å². The van der Waals surface area contributed by atoms with Gasteiger partial charge >= 0.3 is 0 Å². The smallest absolute Gasteiger partial charge is 0.225 e. The average molecular weight is 276 g/mol. The second kappa shape index (κ2) is 7.02. The van der Waals surface area contributed by atoms with Gasteiger partial charge in [-0.2, -0.15) is 0 Å². The molecular formula is C16H28N4. The zero-order chi connectivity index (χ0) is 14.5. The van der Waals surface area contributed by atoms with Gasteiger partial charge in [0.2, 0.25) is 5.95 Å². The Kier molecular flexibility index (Phi) is 5.35. The van der Waals surface area contributed by atoms with Crippen LogP contribution in [-0.2, 0) is 6.42 Å². The summed E-state index contributed by atoms with van der Waals surface area (Å²) >= 11 is 0. The highest BCUT2D eigenvalue weighted by molar-refractivity contribution is 5.30. The van der Waals surface area contributed by atoms with Gasteiger partial charge in [0.1, 0.15) is 0 Å². The van der Waals surface area contributed by atoms with Crippen molar-refractivity contribution in [3.63, 3.8) is 0 Å². The van der Waals surface area contributed by atoms with E-state index in [1.54, 1.807) is 0 Å². The molecule has 0 saturated carbocycles. The lowest BCUT2D eigenvalue weighted by molar-refractivity contribution is 0.230. The third kappa shape index (κ3) is 4.44. The first-order chi connectivity index (χ1) is 9.54. The molecule has 0 spiro atoms. The zero-order valence-electron chi connectivity index (χ0n) is 13.3. The molecule has 1 aliphatic heterocycles. The topological polar surface area (TPSA) is 32.3 Å². The Labute approximate surface area is 123 Å². The van der Waals surface area contributed by atoms with Crippen LogP contribution in [0.4, 0.5) is 5.95 Å². The van der Waals surface area contributed by atoms with E-state index in [-0.39, 0.29) is 0 Å². The molecule has 0 aliphatic carbocycles. The van der Waals surface area contributed by atoms with Crippen molar-refractivity contribution in [3.8, 4) is 0 Å². The SMILES string of the molecule is CC(C)Cc1cnc(N2CCN(CC(C)C)CC2)nc1. The maximum Gasteiger partial charge on any atom is 0.225 e. The van der Waals surface area contributed by atoms with Crippen molar-refractivity contribution in [1.82, 2.24) is 14.9 Å². The molecule has 1 aromatic heterocycles. The van der Waals surface area contributed by atoms with E-state index in [0.29, 0.717) is 5.92 Å². The highest BCUT2D eigenvalue weighted by Crippen LogP contribution is 2.13. The van der Waals surface area contributed by atoms with Crippen molar-refractivity contribution >= 4 is 5.95 Å². The van der Waals surface area contributed by atoms with E-state index < -0.39 is 0 Å². The Balaban J connectivity index is 1.87. The molecule has 1 aliphatic rings. The Morgan fingerprint density at radius 1 is 0.950 bits per heavy atom. The number of piperazine rings is 1. The van der Waals surface area contributed by atoms with Crippen LogP contribution >= 0.6 is 0 Å². The van der Waals surface area contributed by atoms with Gasteiger partial charge in [-0.15, -0.1) is 0 Å². The number of aromatic nitrogens is 2. The van der Waals surface area contributed by atoms with Gasteiger partial charge in [0.15, 0.2) is 0 Å². The Bertz CT molecular complexity index is 391. The quantitative estimate of drug-likeness (QED) is 0.827. The Morgan fingerprint density at radius 3 is 2.05 bits per heavy atom. The molecule has 112 valence electrons. The Hall–Kier alpha value is -1.16. The van der Waals surface area contributed by atoms with Gasteiger partial charge in [0.25, 0.3) is 0 Å². The lowest BCUT2D eigenvalue weighted by Gasteiger charge is -2.35. The molecule has 0 unspecified atom stereocenters. The molecule has 0 bridgehead atoms. The highest BCUT2D eigenvalue weighted by atomic mass is 15.3. The summed E-state index contributed by atoms with van der Waals surface area (Å²) in [6, 6.07) is 0. The zero-order valence-corrected chi connectivity index (χ0v) is 13.3. The minimum atomic E-state index is 0.657. The fraction of sp³-hybridized carbons (Fsp3) is 0.750. The van der Waals surface area contributed by atoms with Crippen LogP contribution < -0.4 is 4.90 Å². The van der Waals surface area contributed by atoms with E-state index in [9.17, 15) is 0 Å². The first-order valence-electron chi connectivity index (χ1n) is 7.83. The number of nitrogens with zero attached hydrogens (tertiary/aromatic N) is 4. The van der Waals surface area contributed by atoms with Crippen LogP contribution in [-0.4, -0.2) is 47.6 Å². The standard InChI is InChI=1S/C16H28N4/c1-13(2)9-15-10-17-16(18-11-15)20-7-5-19(6-8-20)12-14(3)4/h10-11,13-14H,5-9,12H2,1-4H3. The molecule has 0 N–H and O–H groups in total. The van der Waals surface area contributed by atoms with Crippen LogP contribution in [0.15, 0.2) is 12.4 Å². The van der Waals surface area contributed by atoms with E-state index >= 15 is 0 Å². The monoisotopic (exact) mass is 276 g/mol. The summed E-state index contributed by atoms with van der Waals surface area (Å²) in [7, 11) is 0. The van der Waals surface area contributed by atoms with E-state index in [1.165, 1.54) is 12.1 Å². The third-order valence-corrected chi connectivity index (χ3v) is 3.61. The minimum absolute atomic E-state index is 0.657. The van der Waals surface area contributed by atoms with E-state index in [2.05, 4.69) is 47.5 Å².